The molecule has 78 valence electrons. The Labute approximate surface area is 91.7 Å². The van der Waals surface area contributed by atoms with E-state index >= 15 is 0 Å². The van der Waals surface area contributed by atoms with Gasteiger partial charge in [-0.1, -0.05) is 22.9 Å². The van der Waals surface area contributed by atoms with Crippen LogP contribution in [0.2, 0.25) is 0 Å². The van der Waals surface area contributed by atoms with Gasteiger partial charge >= 0.3 is 0 Å². The summed E-state index contributed by atoms with van der Waals surface area (Å²) in [6.07, 6.45) is 3.03. The molecule has 0 aromatic carbocycles. The van der Waals surface area contributed by atoms with E-state index in [1.54, 1.807) is 6.26 Å². The van der Waals surface area contributed by atoms with Crippen LogP contribution in [-0.4, -0.2) is 45.6 Å². The third-order valence-corrected chi connectivity index (χ3v) is 4.60. The van der Waals surface area contributed by atoms with Crippen molar-refractivity contribution in [3.8, 4) is 0 Å². The molecule has 1 aliphatic rings. The first kappa shape index (κ1) is 11.7. The Morgan fingerprint density at radius 3 is 2.85 bits per heavy atom. The summed E-state index contributed by atoms with van der Waals surface area (Å²) >= 11 is 3.68. The molecule has 3 unspecified atom stereocenters. The SMILES string of the molecule is CC1CCN(CCS(C)=O)CC1Br. The average molecular weight is 268 g/mol. The molecule has 0 aliphatic carbocycles. The second kappa shape index (κ2) is 5.47. The fourth-order valence-electron chi connectivity index (χ4n) is 1.55. The zero-order valence-corrected chi connectivity index (χ0v) is 10.7. The highest BCUT2D eigenvalue weighted by Gasteiger charge is 2.23. The third kappa shape index (κ3) is 4.09. The average Bonchev–Trinajstić information content (AvgIpc) is 2.07. The number of likely N-dealkylation sites (tertiary alicyclic amines) is 1. The van der Waals surface area contributed by atoms with Gasteiger partial charge in [-0.3, -0.25) is 4.21 Å². The molecule has 0 aromatic rings. The molecule has 0 spiro atoms. The van der Waals surface area contributed by atoms with Crippen molar-refractivity contribution in [3.05, 3.63) is 0 Å². The minimum Gasteiger partial charge on any atom is -0.301 e. The van der Waals surface area contributed by atoms with Crippen LogP contribution in [0.4, 0.5) is 0 Å². The van der Waals surface area contributed by atoms with Gasteiger partial charge in [-0.25, -0.2) is 0 Å². The summed E-state index contributed by atoms with van der Waals surface area (Å²) in [7, 11) is -0.644. The zero-order chi connectivity index (χ0) is 9.84. The molecule has 0 aromatic heterocycles. The summed E-state index contributed by atoms with van der Waals surface area (Å²) < 4.78 is 10.9. The predicted octanol–water partition coefficient (Wildman–Crippen LogP) is 1.47. The number of halogens is 1. The fourth-order valence-corrected chi connectivity index (χ4v) is 2.73. The van der Waals surface area contributed by atoms with Crippen LogP contribution in [0.3, 0.4) is 0 Å². The summed E-state index contributed by atoms with van der Waals surface area (Å²) in [5.74, 6) is 1.59. The summed E-state index contributed by atoms with van der Waals surface area (Å²) in [5, 5.41) is 0. The standard InChI is InChI=1S/C9H18BrNOS/c1-8-3-4-11(7-9(8)10)5-6-13(2)12/h8-9H,3-7H2,1-2H3. The summed E-state index contributed by atoms with van der Waals surface area (Å²) in [4.78, 5) is 3.02. The van der Waals surface area contributed by atoms with Gasteiger partial charge in [0, 0.05) is 40.7 Å². The van der Waals surface area contributed by atoms with Gasteiger partial charge < -0.3 is 4.90 Å². The largest absolute Gasteiger partial charge is 0.301 e. The second-order valence-electron chi connectivity index (χ2n) is 3.86. The van der Waals surface area contributed by atoms with Gasteiger partial charge in [0.2, 0.25) is 0 Å². The number of piperidine rings is 1. The lowest BCUT2D eigenvalue weighted by Gasteiger charge is -2.33. The molecule has 0 radical (unpaired) electrons. The predicted molar refractivity (Wildman–Crippen MR) is 61.9 cm³/mol. The highest BCUT2D eigenvalue weighted by atomic mass is 79.9. The van der Waals surface area contributed by atoms with E-state index < -0.39 is 10.8 Å². The Balaban J connectivity index is 2.25. The Kier molecular flexibility index (Phi) is 4.90. The van der Waals surface area contributed by atoms with Crippen molar-refractivity contribution >= 4 is 26.7 Å². The molecular formula is C9H18BrNOS. The van der Waals surface area contributed by atoms with Gasteiger partial charge in [-0.2, -0.15) is 0 Å². The quantitative estimate of drug-likeness (QED) is 0.722. The van der Waals surface area contributed by atoms with E-state index in [0.717, 1.165) is 24.8 Å². The molecule has 3 atom stereocenters. The molecule has 1 fully saturated rings. The van der Waals surface area contributed by atoms with Gasteiger partial charge in [-0.05, 0) is 18.9 Å². The summed E-state index contributed by atoms with van der Waals surface area (Å²) in [6, 6.07) is 0. The molecule has 13 heavy (non-hydrogen) atoms. The van der Waals surface area contributed by atoms with Gasteiger partial charge in [-0.15, -0.1) is 0 Å². The van der Waals surface area contributed by atoms with Crippen molar-refractivity contribution in [2.24, 2.45) is 5.92 Å². The van der Waals surface area contributed by atoms with Crippen LogP contribution >= 0.6 is 15.9 Å². The number of hydrogen-bond acceptors (Lipinski definition) is 2. The van der Waals surface area contributed by atoms with Crippen LogP contribution in [0.1, 0.15) is 13.3 Å². The number of nitrogens with zero attached hydrogens (tertiary/aromatic N) is 1. The minimum absolute atomic E-state index is 0.617. The zero-order valence-electron chi connectivity index (χ0n) is 8.33. The van der Waals surface area contributed by atoms with E-state index in [4.69, 9.17) is 0 Å². The van der Waals surface area contributed by atoms with Crippen molar-refractivity contribution in [1.82, 2.24) is 4.90 Å². The van der Waals surface area contributed by atoms with Crippen molar-refractivity contribution in [1.29, 1.82) is 0 Å². The second-order valence-corrected chi connectivity index (χ2v) is 6.59. The van der Waals surface area contributed by atoms with E-state index in [1.807, 2.05) is 0 Å². The maximum Gasteiger partial charge on any atom is 0.0359 e. The van der Waals surface area contributed by atoms with Gasteiger partial charge in [0.15, 0.2) is 0 Å². The topological polar surface area (TPSA) is 20.3 Å². The molecule has 0 amide bonds. The number of hydrogen-bond donors (Lipinski definition) is 0. The van der Waals surface area contributed by atoms with Crippen LogP contribution in [-0.2, 0) is 10.8 Å². The molecule has 2 nitrogen and oxygen atoms in total. The third-order valence-electron chi connectivity index (χ3n) is 2.65. The molecule has 0 saturated carbocycles. The monoisotopic (exact) mass is 267 g/mol. The van der Waals surface area contributed by atoms with Crippen LogP contribution in [0.5, 0.6) is 0 Å². The number of rotatable bonds is 3. The molecule has 1 saturated heterocycles. The van der Waals surface area contributed by atoms with Gasteiger partial charge in [0.25, 0.3) is 0 Å². The first-order valence-corrected chi connectivity index (χ1v) is 7.40. The van der Waals surface area contributed by atoms with E-state index in [9.17, 15) is 4.21 Å². The number of alkyl halides is 1. The molecular weight excluding hydrogens is 250 g/mol. The van der Waals surface area contributed by atoms with Crippen molar-refractivity contribution < 1.29 is 4.21 Å². The first-order valence-electron chi connectivity index (χ1n) is 4.76. The Hall–Kier alpha value is 0.590. The maximum absolute atomic E-state index is 10.9. The van der Waals surface area contributed by atoms with E-state index in [2.05, 4.69) is 27.8 Å². The smallest absolute Gasteiger partial charge is 0.0359 e. The molecule has 0 bridgehead atoms. The summed E-state index contributed by atoms with van der Waals surface area (Å²) in [6.45, 7) is 5.55. The fraction of sp³-hybridized carbons (Fsp3) is 1.00. The molecule has 1 aliphatic heterocycles. The molecule has 1 heterocycles. The maximum atomic E-state index is 10.9. The van der Waals surface area contributed by atoms with Gasteiger partial charge in [0.1, 0.15) is 0 Å². The van der Waals surface area contributed by atoms with Crippen LogP contribution in [0.25, 0.3) is 0 Å². The minimum atomic E-state index is -0.644. The van der Waals surface area contributed by atoms with Crippen LogP contribution in [0.15, 0.2) is 0 Å². The van der Waals surface area contributed by atoms with Crippen molar-refractivity contribution in [2.75, 3.05) is 31.6 Å². The lowest BCUT2D eigenvalue weighted by atomic mass is 9.99. The Bertz CT molecular complexity index is 188. The summed E-state index contributed by atoms with van der Waals surface area (Å²) in [5.41, 5.74) is 0. The van der Waals surface area contributed by atoms with Crippen molar-refractivity contribution in [3.63, 3.8) is 0 Å². The Morgan fingerprint density at radius 2 is 2.31 bits per heavy atom. The van der Waals surface area contributed by atoms with E-state index in [1.165, 1.54) is 13.0 Å². The first-order chi connectivity index (χ1) is 6.09. The van der Waals surface area contributed by atoms with Crippen LogP contribution < -0.4 is 0 Å². The Morgan fingerprint density at radius 1 is 1.62 bits per heavy atom. The highest BCUT2D eigenvalue weighted by molar-refractivity contribution is 9.09. The van der Waals surface area contributed by atoms with Crippen molar-refractivity contribution in [2.45, 2.75) is 18.2 Å². The van der Waals surface area contributed by atoms with E-state index in [0.29, 0.717) is 4.83 Å². The molecule has 4 heteroatoms. The van der Waals surface area contributed by atoms with Crippen LogP contribution in [0, 0.1) is 5.92 Å². The van der Waals surface area contributed by atoms with Gasteiger partial charge in [0.05, 0.1) is 0 Å². The lowest BCUT2D eigenvalue weighted by molar-refractivity contribution is 0.212. The highest BCUT2D eigenvalue weighted by Crippen LogP contribution is 2.22. The molecule has 1 rings (SSSR count). The van der Waals surface area contributed by atoms with E-state index in [-0.39, 0.29) is 0 Å². The normalized spacial score (nSPS) is 33.2. The molecule has 0 N–H and O–H groups in total. The lowest BCUT2D eigenvalue weighted by Crippen LogP contribution is -2.41.